The summed E-state index contributed by atoms with van der Waals surface area (Å²) < 4.78 is 24.5. The van der Waals surface area contributed by atoms with E-state index in [1.807, 2.05) is 0 Å². The van der Waals surface area contributed by atoms with Gasteiger partial charge in [0.15, 0.2) is 11.5 Å². The molecule has 2 aromatic carbocycles. The molecule has 4 rings (SSSR count). The number of urea groups is 1. The number of ether oxygens (including phenoxy) is 2. The Bertz CT molecular complexity index is 950. The van der Waals surface area contributed by atoms with Crippen molar-refractivity contribution in [2.24, 2.45) is 0 Å². The summed E-state index contributed by atoms with van der Waals surface area (Å²) in [6.07, 6.45) is 0.739. The molecule has 2 aliphatic rings. The first-order chi connectivity index (χ1) is 13.4. The molecule has 2 aromatic rings. The van der Waals surface area contributed by atoms with Gasteiger partial charge in [0.2, 0.25) is 0 Å². The number of nitrogens with zero attached hydrogens (tertiary/aromatic N) is 1. The number of nitrogens with one attached hydrogen (secondary N) is 1. The van der Waals surface area contributed by atoms with Gasteiger partial charge in [-0.25, -0.2) is 9.18 Å². The van der Waals surface area contributed by atoms with E-state index >= 15 is 0 Å². The second-order valence-electron chi connectivity index (χ2n) is 6.91. The van der Waals surface area contributed by atoms with Crippen molar-refractivity contribution >= 4 is 23.5 Å². The van der Waals surface area contributed by atoms with E-state index in [1.54, 1.807) is 19.1 Å². The van der Waals surface area contributed by atoms with E-state index in [-0.39, 0.29) is 6.54 Å². The lowest BCUT2D eigenvalue weighted by atomic mass is 9.92. The second-order valence-corrected chi connectivity index (χ2v) is 7.32. The largest absolute Gasteiger partial charge is 0.489 e. The summed E-state index contributed by atoms with van der Waals surface area (Å²) in [5.41, 5.74) is -0.118. The van der Waals surface area contributed by atoms with Crippen LogP contribution in [0.3, 0.4) is 0 Å². The lowest BCUT2D eigenvalue weighted by Gasteiger charge is -2.22. The maximum Gasteiger partial charge on any atom is 0.325 e. The van der Waals surface area contributed by atoms with Crippen molar-refractivity contribution in [1.82, 2.24) is 10.2 Å². The van der Waals surface area contributed by atoms with Gasteiger partial charge in [0.25, 0.3) is 5.91 Å². The Balaban J connectivity index is 1.61. The smallest absolute Gasteiger partial charge is 0.325 e. The molecule has 2 aliphatic heterocycles. The lowest BCUT2D eigenvalue weighted by molar-refractivity contribution is -0.131. The zero-order chi connectivity index (χ0) is 19.9. The highest BCUT2D eigenvalue weighted by Gasteiger charge is 2.48. The van der Waals surface area contributed by atoms with Crippen LogP contribution in [0.15, 0.2) is 36.4 Å². The third kappa shape index (κ3) is 3.16. The van der Waals surface area contributed by atoms with Gasteiger partial charge in [0.1, 0.15) is 11.4 Å². The van der Waals surface area contributed by atoms with Crippen LogP contribution in [0.1, 0.15) is 24.5 Å². The Morgan fingerprint density at radius 2 is 1.89 bits per heavy atom. The molecule has 0 saturated carbocycles. The van der Waals surface area contributed by atoms with Crippen molar-refractivity contribution < 1.29 is 23.5 Å². The number of rotatable bonds is 3. The molecule has 146 valence electrons. The minimum Gasteiger partial charge on any atom is -0.489 e. The number of amides is 3. The highest BCUT2D eigenvalue weighted by atomic mass is 35.5. The second kappa shape index (κ2) is 6.98. The number of imide groups is 1. The minimum absolute atomic E-state index is 0.0256. The normalized spacial score (nSPS) is 21.5. The molecular formula is C20H18ClFN2O4. The molecule has 1 fully saturated rings. The molecule has 0 aliphatic carbocycles. The van der Waals surface area contributed by atoms with Crippen molar-refractivity contribution in [2.75, 3.05) is 13.2 Å². The van der Waals surface area contributed by atoms with E-state index < -0.39 is 23.3 Å². The van der Waals surface area contributed by atoms with Crippen molar-refractivity contribution in [3.8, 4) is 11.5 Å². The molecule has 1 atom stereocenters. The van der Waals surface area contributed by atoms with Crippen molar-refractivity contribution in [3.63, 3.8) is 0 Å². The molecule has 0 radical (unpaired) electrons. The van der Waals surface area contributed by atoms with Gasteiger partial charge in [-0.3, -0.25) is 9.69 Å². The summed E-state index contributed by atoms with van der Waals surface area (Å²) in [6, 6.07) is 8.34. The molecule has 0 unspecified atom stereocenters. The van der Waals surface area contributed by atoms with Crippen LogP contribution in [0.4, 0.5) is 9.18 Å². The number of benzene rings is 2. The van der Waals surface area contributed by atoms with E-state index in [4.69, 9.17) is 21.1 Å². The van der Waals surface area contributed by atoms with Crippen LogP contribution in [0.25, 0.3) is 0 Å². The van der Waals surface area contributed by atoms with Crippen molar-refractivity contribution in [2.45, 2.75) is 25.4 Å². The first kappa shape index (κ1) is 18.6. The molecule has 0 aromatic heterocycles. The Labute approximate surface area is 166 Å². The van der Waals surface area contributed by atoms with Gasteiger partial charge in [-0.1, -0.05) is 23.7 Å². The number of carbonyl (C=O) groups is 2. The van der Waals surface area contributed by atoms with Gasteiger partial charge >= 0.3 is 6.03 Å². The molecule has 28 heavy (non-hydrogen) atoms. The predicted octanol–water partition coefficient (Wildman–Crippen LogP) is 3.61. The summed E-state index contributed by atoms with van der Waals surface area (Å²) >= 11 is 6.30. The Morgan fingerprint density at radius 1 is 1.18 bits per heavy atom. The number of halogens is 2. The van der Waals surface area contributed by atoms with Crippen molar-refractivity contribution in [1.29, 1.82) is 0 Å². The van der Waals surface area contributed by atoms with E-state index in [9.17, 15) is 14.0 Å². The van der Waals surface area contributed by atoms with Crippen LogP contribution in [0.2, 0.25) is 5.02 Å². The van der Waals surface area contributed by atoms with Crippen LogP contribution in [-0.2, 0) is 16.9 Å². The Hall–Kier alpha value is -2.80. The number of carbonyl (C=O) groups excluding carboxylic acids is 2. The van der Waals surface area contributed by atoms with Crippen LogP contribution < -0.4 is 14.8 Å². The van der Waals surface area contributed by atoms with Crippen molar-refractivity contribution in [3.05, 3.63) is 58.4 Å². The molecule has 1 saturated heterocycles. The maximum atomic E-state index is 13.2. The van der Waals surface area contributed by atoms with Gasteiger partial charge < -0.3 is 14.8 Å². The molecule has 0 spiro atoms. The number of hydrogen-bond donors (Lipinski definition) is 1. The maximum absolute atomic E-state index is 13.2. The predicted molar refractivity (Wildman–Crippen MR) is 99.9 cm³/mol. The third-order valence-electron chi connectivity index (χ3n) is 4.90. The fourth-order valence-electron chi connectivity index (χ4n) is 3.38. The first-order valence-electron chi connectivity index (χ1n) is 8.86. The highest BCUT2D eigenvalue weighted by Crippen LogP contribution is 2.39. The summed E-state index contributed by atoms with van der Waals surface area (Å²) in [6.45, 7) is 2.63. The third-order valence-corrected chi connectivity index (χ3v) is 5.18. The van der Waals surface area contributed by atoms with Crippen LogP contribution in [-0.4, -0.2) is 30.1 Å². The molecule has 1 N–H and O–H groups in total. The van der Waals surface area contributed by atoms with Gasteiger partial charge in [0.05, 0.1) is 24.8 Å². The minimum atomic E-state index is -1.26. The zero-order valence-electron chi connectivity index (χ0n) is 15.1. The SMILES string of the molecule is C[C@@]1(c2ccc(F)cc2)NC(=O)N(Cc2cc(Cl)c3c(c2)OCCCO3)C1=O. The molecular weight excluding hydrogens is 387 g/mol. The summed E-state index contributed by atoms with van der Waals surface area (Å²) in [5, 5.41) is 3.06. The van der Waals surface area contributed by atoms with Gasteiger partial charge in [0, 0.05) is 6.42 Å². The van der Waals surface area contributed by atoms with Gasteiger partial charge in [-0.2, -0.15) is 0 Å². The van der Waals surface area contributed by atoms with Gasteiger partial charge in [-0.15, -0.1) is 0 Å². The molecule has 2 heterocycles. The van der Waals surface area contributed by atoms with E-state index in [2.05, 4.69) is 5.32 Å². The van der Waals surface area contributed by atoms with Crippen LogP contribution in [0.5, 0.6) is 11.5 Å². The average molecular weight is 405 g/mol. The molecule has 0 bridgehead atoms. The topological polar surface area (TPSA) is 67.9 Å². The first-order valence-corrected chi connectivity index (χ1v) is 9.24. The average Bonchev–Trinajstić information content (AvgIpc) is 2.84. The summed E-state index contributed by atoms with van der Waals surface area (Å²) in [4.78, 5) is 26.6. The Kier molecular flexibility index (Phi) is 4.63. The standard InChI is InChI=1S/C20H18ClFN2O4/c1-20(13-3-5-14(22)6-4-13)18(25)24(19(26)23-20)11-12-9-15(21)17-16(10-12)27-7-2-8-28-17/h3-6,9-10H,2,7-8,11H2,1H3,(H,23,26)/t20-/m0/s1. The molecule has 8 heteroatoms. The molecule has 6 nitrogen and oxygen atoms in total. The zero-order valence-corrected chi connectivity index (χ0v) is 15.9. The summed E-state index contributed by atoms with van der Waals surface area (Å²) in [5.74, 6) is 0.125. The quantitative estimate of drug-likeness (QED) is 0.793. The summed E-state index contributed by atoms with van der Waals surface area (Å²) in [7, 11) is 0. The van der Waals surface area contributed by atoms with Gasteiger partial charge in [-0.05, 0) is 42.3 Å². The molecule has 3 amide bonds. The number of fused-ring (bicyclic) bond motifs is 1. The highest BCUT2D eigenvalue weighted by molar-refractivity contribution is 6.32. The van der Waals surface area contributed by atoms with E-state index in [0.29, 0.717) is 40.9 Å². The lowest BCUT2D eigenvalue weighted by Crippen LogP contribution is -2.40. The Morgan fingerprint density at radius 3 is 2.64 bits per heavy atom. The van der Waals surface area contributed by atoms with Crippen LogP contribution in [0, 0.1) is 5.82 Å². The van der Waals surface area contributed by atoms with E-state index in [0.717, 1.165) is 11.3 Å². The van der Waals surface area contributed by atoms with E-state index in [1.165, 1.54) is 24.3 Å². The fourth-order valence-corrected chi connectivity index (χ4v) is 3.67. The fraction of sp³-hybridized carbons (Fsp3) is 0.300. The van der Waals surface area contributed by atoms with Crippen LogP contribution >= 0.6 is 11.6 Å². The number of hydrogen-bond acceptors (Lipinski definition) is 4. The monoisotopic (exact) mass is 404 g/mol.